The first kappa shape index (κ1) is 18.5. The first-order valence-corrected chi connectivity index (χ1v) is 10.9. The fourth-order valence-electron chi connectivity index (χ4n) is 3.57. The van der Waals surface area contributed by atoms with Gasteiger partial charge in [0.1, 0.15) is 5.82 Å². The van der Waals surface area contributed by atoms with Crippen LogP contribution in [0.2, 0.25) is 5.02 Å². The molecular weight excluding hydrogens is 422 g/mol. The zero-order valence-electron chi connectivity index (χ0n) is 15.4. The zero-order chi connectivity index (χ0) is 20.9. The summed E-state index contributed by atoms with van der Waals surface area (Å²) in [5.74, 6) is 0.744. The van der Waals surface area contributed by atoms with Gasteiger partial charge in [0.25, 0.3) is 0 Å². The highest BCUT2D eigenvalue weighted by atomic mass is 35.5. The second kappa shape index (κ2) is 6.76. The van der Waals surface area contributed by atoms with Gasteiger partial charge in [-0.05, 0) is 35.9 Å². The van der Waals surface area contributed by atoms with Crippen LogP contribution in [-0.2, 0) is 10.2 Å². The van der Waals surface area contributed by atoms with Crippen molar-refractivity contribution in [3.05, 3.63) is 64.7 Å². The Morgan fingerprint density at radius 3 is 2.80 bits per heavy atom. The summed E-state index contributed by atoms with van der Waals surface area (Å²) in [6.45, 7) is 0.676. The van der Waals surface area contributed by atoms with Crippen molar-refractivity contribution in [2.24, 2.45) is 0 Å². The Balaban J connectivity index is 1.75. The van der Waals surface area contributed by atoms with Crippen LogP contribution >= 0.6 is 11.6 Å². The molecule has 148 valence electrons. The number of nitrogens with one attached hydrogen (secondary N) is 3. The number of aromatic nitrogens is 1. The molecule has 5 rings (SSSR count). The number of pyridine rings is 1. The molecule has 3 aromatic rings. The maximum absolute atomic E-state index is 11.9. The lowest BCUT2D eigenvalue weighted by Crippen LogP contribution is -2.12. The van der Waals surface area contributed by atoms with Gasteiger partial charge < -0.3 is 5.32 Å². The lowest BCUT2D eigenvalue weighted by Gasteiger charge is -2.18. The van der Waals surface area contributed by atoms with E-state index in [0.717, 1.165) is 22.5 Å². The second-order valence-electron chi connectivity index (χ2n) is 6.89. The number of anilines is 3. The van der Waals surface area contributed by atoms with Gasteiger partial charge in [-0.2, -0.15) is 13.7 Å². The first-order valence-electron chi connectivity index (χ1n) is 9.04. The van der Waals surface area contributed by atoms with E-state index in [9.17, 15) is 13.7 Å². The van der Waals surface area contributed by atoms with Crippen LogP contribution < -0.4 is 14.8 Å². The number of benzene rings is 2. The van der Waals surface area contributed by atoms with E-state index in [1.807, 2.05) is 24.3 Å². The molecule has 3 heterocycles. The number of nitriles is 1. The predicted octanol–water partition coefficient (Wildman–Crippen LogP) is 4.46. The molecule has 2 aliphatic heterocycles. The number of rotatable bonds is 2. The molecule has 0 radical (unpaired) electrons. The summed E-state index contributed by atoms with van der Waals surface area (Å²) in [6, 6.07) is 14.8. The standard InChI is InChI=1S/C21H14ClN5O2S/c22-17-9-15(10-18-20(17)27-30(28,29)26-18)16-8-14-5-2-6-24-21(14)25-19(16)13-4-1-3-12(7-13)11-23/h1-5,7-10,26-27H,6H2,(H,24,25). The lowest BCUT2D eigenvalue weighted by molar-refractivity contribution is 0.607. The van der Waals surface area contributed by atoms with Gasteiger partial charge in [0.2, 0.25) is 0 Å². The van der Waals surface area contributed by atoms with E-state index in [2.05, 4.69) is 20.8 Å². The van der Waals surface area contributed by atoms with Crippen LogP contribution in [0.1, 0.15) is 11.1 Å². The van der Waals surface area contributed by atoms with Gasteiger partial charge in [-0.15, -0.1) is 0 Å². The molecule has 0 atom stereocenters. The fourth-order valence-corrected chi connectivity index (χ4v) is 4.88. The minimum atomic E-state index is -3.67. The average molecular weight is 436 g/mol. The van der Waals surface area contributed by atoms with Crippen LogP contribution in [0.4, 0.5) is 17.2 Å². The molecule has 3 N–H and O–H groups in total. The van der Waals surface area contributed by atoms with Crippen LogP contribution in [0.3, 0.4) is 0 Å². The van der Waals surface area contributed by atoms with E-state index < -0.39 is 10.2 Å². The summed E-state index contributed by atoms with van der Waals surface area (Å²) in [4.78, 5) is 4.82. The molecular formula is C21H14ClN5O2S. The smallest absolute Gasteiger partial charge is 0.321 e. The average Bonchev–Trinajstić information content (AvgIpc) is 3.07. The second-order valence-corrected chi connectivity index (χ2v) is 8.71. The number of fused-ring (bicyclic) bond motifs is 2. The van der Waals surface area contributed by atoms with Crippen LogP contribution in [0.25, 0.3) is 28.5 Å². The molecule has 0 fully saturated rings. The Kier molecular flexibility index (Phi) is 4.17. The van der Waals surface area contributed by atoms with Crippen molar-refractivity contribution in [1.82, 2.24) is 4.98 Å². The monoisotopic (exact) mass is 435 g/mol. The normalized spacial score (nSPS) is 15.2. The fraction of sp³-hybridized carbons (Fsp3) is 0.0476. The predicted molar refractivity (Wildman–Crippen MR) is 119 cm³/mol. The minimum Gasteiger partial charge on any atom is -0.366 e. The summed E-state index contributed by atoms with van der Waals surface area (Å²) in [7, 11) is -3.67. The summed E-state index contributed by atoms with van der Waals surface area (Å²) < 4.78 is 28.6. The maximum atomic E-state index is 11.9. The van der Waals surface area contributed by atoms with Crippen LogP contribution in [0.5, 0.6) is 0 Å². The van der Waals surface area contributed by atoms with Crippen molar-refractivity contribution >= 4 is 45.1 Å². The Morgan fingerprint density at radius 2 is 1.97 bits per heavy atom. The number of hydrogen-bond donors (Lipinski definition) is 3. The van der Waals surface area contributed by atoms with Crippen molar-refractivity contribution < 1.29 is 8.42 Å². The number of nitrogens with zero attached hydrogens (tertiary/aromatic N) is 2. The van der Waals surface area contributed by atoms with E-state index >= 15 is 0 Å². The summed E-state index contributed by atoms with van der Waals surface area (Å²) in [6.07, 6.45) is 3.98. The third kappa shape index (κ3) is 3.14. The van der Waals surface area contributed by atoms with Gasteiger partial charge >= 0.3 is 10.2 Å². The van der Waals surface area contributed by atoms with Gasteiger partial charge in [0, 0.05) is 23.2 Å². The minimum absolute atomic E-state index is 0.277. The molecule has 30 heavy (non-hydrogen) atoms. The zero-order valence-corrected chi connectivity index (χ0v) is 17.0. The van der Waals surface area contributed by atoms with E-state index in [1.165, 1.54) is 0 Å². The van der Waals surface area contributed by atoms with Gasteiger partial charge in [-0.1, -0.05) is 35.9 Å². The quantitative estimate of drug-likeness (QED) is 0.550. The van der Waals surface area contributed by atoms with E-state index in [-0.39, 0.29) is 5.02 Å². The van der Waals surface area contributed by atoms with Crippen LogP contribution in [0.15, 0.2) is 48.5 Å². The highest BCUT2D eigenvalue weighted by molar-refractivity contribution is 7.94. The summed E-state index contributed by atoms with van der Waals surface area (Å²) in [5.41, 5.74) is 5.05. The van der Waals surface area contributed by atoms with Crippen molar-refractivity contribution in [2.75, 3.05) is 21.3 Å². The van der Waals surface area contributed by atoms with Crippen molar-refractivity contribution in [3.63, 3.8) is 0 Å². The molecule has 2 aromatic carbocycles. The van der Waals surface area contributed by atoms with Gasteiger partial charge in [-0.25, -0.2) is 4.98 Å². The van der Waals surface area contributed by atoms with E-state index in [0.29, 0.717) is 34.7 Å². The van der Waals surface area contributed by atoms with Gasteiger partial charge in [0.15, 0.2) is 0 Å². The van der Waals surface area contributed by atoms with Crippen LogP contribution in [-0.4, -0.2) is 19.9 Å². The lowest BCUT2D eigenvalue weighted by atomic mass is 9.95. The molecule has 7 nitrogen and oxygen atoms in total. The highest BCUT2D eigenvalue weighted by Gasteiger charge is 2.26. The Morgan fingerprint density at radius 1 is 1.10 bits per heavy atom. The third-order valence-electron chi connectivity index (χ3n) is 4.88. The van der Waals surface area contributed by atoms with E-state index in [1.54, 1.807) is 30.3 Å². The summed E-state index contributed by atoms with van der Waals surface area (Å²) in [5, 5.41) is 12.8. The third-order valence-corrected chi connectivity index (χ3v) is 6.14. The number of hydrogen-bond acceptors (Lipinski definition) is 5. The van der Waals surface area contributed by atoms with Crippen molar-refractivity contribution in [2.45, 2.75) is 0 Å². The molecule has 0 saturated carbocycles. The van der Waals surface area contributed by atoms with Crippen molar-refractivity contribution in [1.29, 1.82) is 5.26 Å². The summed E-state index contributed by atoms with van der Waals surface area (Å²) >= 11 is 6.38. The van der Waals surface area contributed by atoms with Crippen LogP contribution in [0, 0.1) is 11.3 Å². The molecule has 0 aliphatic carbocycles. The van der Waals surface area contributed by atoms with Gasteiger partial charge in [-0.3, -0.25) is 9.44 Å². The van der Waals surface area contributed by atoms with Gasteiger partial charge in [0.05, 0.1) is 33.7 Å². The first-order chi connectivity index (χ1) is 14.4. The van der Waals surface area contributed by atoms with Crippen molar-refractivity contribution in [3.8, 4) is 28.5 Å². The SMILES string of the molecule is N#Cc1cccc(-c2nc3c(cc2-c2cc(Cl)c4c(c2)NS(=O)(=O)N4)C=CCN3)c1. The molecule has 0 bridgehead atoms. The topological polar surface area (TPSA) is 107 Å². The molecule has 0 amide bonds. The largest absolute Gasteiger partial charge is 0.366 e. The Bertz CT molecular complexity index is 1390. The highest BCUT2D eigenvalue weighted by Crippen LogP contribution is 2.43. The Hall–Kier alpha value is -3.54. The molecule has 9 heteroatoms. The molecule has 0 unspecified atom stereocenters. The Labute approximate surface area is 178 Å². The molecule has 2 aliphatic rings. The molecule has 0 saturated heterocycles. The molecule has 0 spiro atoms. The molecule has 1 aromatic heterocycles. The maximum Gasteiger partial charge on any atom is 0.321 e. The number of halogens is 1. The van der Waals surface area contributed by atoms with E-state index in [4.69, 9.17) is 16.6 Å².